The number of hydrogen-bond donors (Lipinski definition) is 3. The molecule has 0 aliphatic heterocycles. The Morgan fingerprint density at radius 2 is 1.92 bits per heavy atom. The van der Waals surface area contributed by atoms with Gasteiger partial charge in [-0.05, 0) is 58.9 Å². The number of carbonyl (C=O) groups excluding carboxylic acids is 1. The Morgan fingerprint density at radius 3 is 2.48 bits per heavy atom. The fourth-order valence-electron chi connectivity index (χ4n) is 1.77. The fraction of sp³-hybridized carbons (Fsp3) is 0.444. The van der Waals surface area contributed by atoms with Gasteiger partial charge in [0.05, 0.1) is 12.3 Å². The van der Waals surface area contributed by atoms with E-state index < -0.39 is 11.7 Å². The second-order valence-electron chi connectivity index (χ2n) is 6.36. The number of carbonyl (C=O) groups is 1. The monoisotopic (exact) mass is 364 g/mol. The molecule has 1 amide bonds. The van der Waals surface area contributed by atoms with Gasteiger partial charge < -0.3 is 21.2 Å². The van der Waals surface area contributed by atoms with Crippen molar-refractivity contribution in [3.05, 3.63) is 35.2 Å². The number of nitrogen functional groups attached to an aromatic ring is 1. The number of anilines is 1. The number of hydrogen-bond acceptors (Lipinski definition) is 6. The van der Waals surface area contributed by atoms with Crippen LogP contribution in [0.5, 0.6) is 0 Å². The molecule has 0 saturated heterocycles. The van der Waals surface area contributed by atoms with E-state index in [0.717, 1.165) is 21.2 Å². The van der Waals surface area contributed by atoms with Crippen LogP contribution in [0.3, 0.4) is 0 Å². The molecule has 0 saturated carbocycles. The predicted molar refractivity (Wildman–Crippen MR) is 106 cm³/mol. The van der Waals surface area contributed by atoms with E-state index in [4.69, 9.17) is 10.5 Å². The van der Waals surface area contributed by atoms with Crippen molar-refractivity contribution in [3.63, 3.8) is 0 Å². The van der Waals surface area contributed by atoms with E-state index in [2.05, 4.69) is 15.8 Å². The van der Waals surface area contributed by atoms with E-state index in [-0.39, 0.29) is 0 Å². The van der Waals surface area contributed by atoms with Crippen molar-refractivity contribution in [2.45, 2.75) is 45.1 Å². The molecule has 1 aromatic carbocycles. The third-order valence-corrected chi connectivity index (χ3v) is 4.14. The summed E-state index contributed by atoms with van der Waals surface area (Å²) >= 11 is 1.63. The smallest absolute Gasteiger partial charge is 0.407 e. The van der Waals surface area contributed by atoms with Gasteiger partial charge in [0, 0.05) is 22.0 Å². The van der Waals surface area contributed by atoms with Gasteiger partial charge in [0.1, 0.15) is 5.60 Å². The summed E-state index contributed by atoms with van der Waals surface area (Å²) in [5.74, 6) is 0. The van der Waals surface area contributed by atoms with Gasteiger partial charge in [0.25, 0.3) is 0 Å². The van der Waals surface area contributed by atoms with Crippen molar-refractivity contribution in [2.24, 2.45) is 5.10 Å². The van der Waals surface area contributed by atoms with Gasteiger partial charge in [-0.3, -0.25) is 0 Å². The second-order valence-corrected chi connectivity index (χ2v) is 7.47. The topological polar surface area (TPSA) is 88.7 Å². The minimum absolute atomic E-state index is 0.428. The molecular formula is C18H28N4O2S. The molecule has 4 N–H and O–H groups in total. The summed E-state index contributed by atoms with van der Waals surface area (Å²) in [6.45, 7) is 10.3. The number of allylic oxidation sites excluding steroid dienone is 2. The molecule has 0 bridgehead atoms. The highest BCUT2D eigenvalue weighted by Crippen LogP contribution is 2.28. The number of alkyl carbamates (subject to hydrolysis) is 1. The zero-order valence-electron chi connectivity index (χ0n) is 15.6. The van der Waals surface area contributed by atoms with Crippen molar-refractivity contribution >= 4 is 29.3 Å². The highest BCUT2D eigenvalue weighted by Gasteiger charge is 2.15. The van der Waals surface area contributed by atoms with Gasteiger partial charge in [-0.15, -0.1) is 0 Å². The van der Waals surface area contributed by atoms with Gasteiger partial charge >= 0.3 is 6.09 Å². The van der Waals surface area contributed by atoms with Crippen molar-refractivity contribution in [1.82, 2.24) is 10.7 Å². The van der Waals surface area contributed by atoms with Crippen LogP contribution in [0.25, 0.3) is 0 Å². The van der Waals surface area contributed by atoms with E-state index in [1.165, 1.54) is 0 Å². The van der Waals surface area contributed by atoms with Gasteiger partial charge in [-0.25, -0.2) is 4.79 Å². The standard InChI is InChI=1S/C18H28N4O2S/c1-6-16(25-15-9-7-14(19)8-10-15)13(2)22-21-12-11-20-17(23)24-18(3,4)5/h6-10,21H,11-12,19H2,1-5H3,(H,20,23)/b16-6-,22-13-. The maximum absolute atomic E-state index is 11.5. The Labute approximate surface area is 154 Å². The molecule has 6 nitrogen and oxygen atoms in total. The Morgan fingerprint density at radius 1 is 1.28 bits per heavy atom. The molecule has 0 unspecified atom stereocenters. The maximum atomic E-state index is 11.5. The zero-order chi connectivity index (χ0) is 18.9. The Hall–Kier alpha value is -2.15. The number of rotatable bonds is 7. The largest absolute Gasteiger partial charge is 0.444 e. The number of nitrogens with one attached hydrogen (secondary N) is 2. The lowest BCUT2D eigenvalue weighted by Crippen LogP contribution is -2.35. The van der Waals surface area contributed by atoms with Crippen molar-refractivity contribution in [3.8, 4) is 0 Å². The first-order valence-corrected chi connectivity index (χ1v) is 8.97. The van der Waals surface area contributed by atoms with Crippen LogP contribution in [-0.4, -0.2) is 30.5 Å². The number of nitrogens with zero attached hydrogens (tertiary/aromatic N) is 1. The number of benzene rings is 1. The van der Waals surface area contributed by atoms with E-state index in [9.17, 15) is 4.79 Å². The molecular weight excluding hydrogens is 336 g/mol. The lowest BCUT2D eigenvalue weighted by molar-refractivity contribution is 0.0528. The summed E-state index contributed by atoms with van der Waals surface area (Å²) in [4.78, 5) is 13.7. The lowest BCUT2D eigenvalue weighted by atomic mass is 10.2. The number of amides is 1. The number of hydrazone groups is 1. The molecule has 25 heavy (non-hydrogen) atoms. The number of ether oxygens (including phenoxy) is 1. The molecule has 7 heteroatoms. The van der Waals surface area contributed by atoms with Crippen LogP contribution < -0.4 is 16.5 Å². The van der Waals surface area contributed by atoms with Crippen LogP contribution in [0, 0.1) is 0 Å². The van der Waals surface area contributed by atoms with Crippen LogP contribution in [0.1, 0.15) is 34.6 Å². The third kappa shape index (κ3) is 9.05. The average molecular weight is 365 g/mol. The van der Waals surface area contributed by atoms with Gasteiger partial charge in [-0.1, -0.05) is 17.8 Å². The minimum Gasteiger partial charge on any atom is -0.444 e. The molecule has 0 aliphatic carbocycles. The number of thioether (sulfide) groups is 1. The Bertz CT molecular complexity index is 619. The summed E-state index contributed by atoms with van der Waals surface area (Å²) in [5, 5.41) is 7.02. The third-order valence-electron chi connectivity index (χ3n) is 2.88. The summed E-state index contributed by atoms with van der Waals surface area (Å²) in [6.07, 6.45) is 1.59. The summed E-state index contributed by atoms with van der Waals surface area (Å²) in [5.41, 5.74) is 9.79. The van der Waals surface area contributed by atoms with E-state index >= 15 is 0 Å². The van der Waals surface area contributed by atoms with Crippen LogP contribution in [0.2, 0.25) is 0 Å². The zero-order valence-corrected chi connectivity index (χ0v) is 16.4. The maximum Gasteiger partial charge on any atom is 0.407 e. The van der Waals surface area contributed by atoms with Gasteiger partial charge in [-0.2, -0.15) is 5.10 Å². The van der Waals surface area contributed by atoms with E-state index in [1.807, 2.05) is 65.0 Å². The SMILES string of the molecule is C/C=C(Sc1ccc(N)cc1)/C(C)=N\NCCNC(=O)OC(C)(C)C. The quantitative estimate of drug-likeness (QED) is 0.225. The first-order chi connectivity index (χ1) is 11.7. The molecule has 0 heterocycles. The van der Waals surface area contributed by atoms with E-state index in [1.54, 1.807) is 11.8 Å². The molecule has 0 aromatic heterocycles. The lowest BCUT2D eigenvalue weighted by Gasteiger charge is -2.19. The van der Waals surface area contributed by atoms with Crippen LogP contribution >= 0.6 is 11.8 Å². The van der Waals surface area contributed by atoms with E-state index in [0.29, 0.717) is 13.1 Å². The molecule has 1 rings (SSSR count). The Kier molecular flexibility index (Phi) is 8.34. The van der Waals surface area contributed by atoms with Gasteiger partial charge in [0.2, 0.25) is 0 Å². The highest BCUT2D eigenvalue weighted by molar-refractivity contribution is 8.04. The molecule has 0 radical (unpaired) electrons. The molecule has 1 aromatic rings. The fourth-order valence-corrected chi connectivity index (χ4v) is 2.61. The normalized spacial score (nSPS) is 12.7. The minimum atomic E-state index is -0.494. The van der Waals surface area contributed by atoms with Crippen LogP contribution in [0.4, 0.5) is 10.5 Å². The summed E-state index contributed by atoms with van der Waals surface area (Å²) < 4.78 is 5.16. The molecule has 0 aliphatic rings. The first-order valence-electron chi connectivity index (χ1n) is 8.15. The molecule has 0 atom stereocenters. The van der Waals surface area contributed by atoms with Crippen molar-refractivity contribution in [1.29, 1.82) is 0 Å². The summed E-state index contributed by atoms with van der Waals surface area (Å²) in [7, 11) is 0. The van der Waals surface area contributed by atoms with Crippen LogP contribution in [0.15, 0.2) is 45.2 Å². The molecule has 138 valence electrons. The first kappa shape index (κ1) is 20.9. The summed E-state index contributed by atoms with van der Waals surface area (Å²) in [6, 6.07) is 7.72. The average Bonchev–Trinajstić information content (AvgIpc) is 2.52. The molecule has 0 spiro atoms. The number of nitrogens with two attached hydrogens (primary N) is 1. The predicted octanol–water partition coefficient (Wildman–Crippen LogP) is 3.75. The van der Waals surface area contributed by atoms with Crippen molar-refractivity contribution < 1.29 is 9.53 Å². The van der Waals surface area contributed by atoms with Gasteiger partial charge in [0.15, 0.2) is 0 Å². The Balaban J connectivity index is 2.40. The van der Waals surface area contributed by atoms with Crippen LogP contribution in [-0.2, 0) is 4.74 Å². The van der Waals surface area contributed by atoms with Crippen molar-refractivity contribution in [2.75, 3.05) is 18.8 Å². The molecule has 0 fully saturated rings. The highest BCUT2D eigenvalue weighted by atomic mass is 32.2. The second kappa shape index (κ2) is 9.98.